The second-order valence-electron chi connectivity index (χ2n) is 3.91. The van der Waals surface area contributed by atoms with E-state index in [1.54, 1.807) is 31.0 Å². The Bertz CT molecular complexity index is 422. The van der Waals surface area contributed by atoms with Gasteiger partial charge in [-0.25, -0.2) is 0 Å². The first-order valence-corrected chi connectivity index (χ1v) is 5.26. The number of hydrogen-bond donors (Lipinski definition) is 0. The third kappa shape index (κ3) is 4.63. The maximum atomic E-state index is 11.9. The van der Waals surface area contributed by atoms with Crippen molar-refractivity contribution in [3.05, 3.63) is 29.8 Å². The van der Waals surface area contributed by atoms with Gasteiger partial charge < -0.3 is 4.74 Å². The molecular weight excluding hydrogens is 245 g/mol. The van der Waals surface area contributed by atoms with Gasteiger partial charge in [0.05, 0.1) is 12.1 Å². The summed E-state index contributed by atoms with van der Waals surface area (Å²) in [4.78, 5) is 1.79. The van der Waals surface area contributed by atoms with Crippen molar-refractivity contribution in [1.82, 2.24) is 4.90 Å². The maximum absolute atomic E-state index is 11.9. The lowest BCUT2D eigenvalue weighted by molar-refractivity contribution is -0.274. The van der Waals surface area contributed by atoms with Crippen LogP contribution in [0.1, 0.15) is 12.5 Å². The van der Waals surface area contributed by atoms with Crippen molar-refractivity contribution in [1.29, 1.82) is 5.26 Å². The van der Waals surface area contributed by atoms with Gasteiger partial charge >= 0.3 is 6.36 Å². The van der Waals surface area contributed by atoms with E-state index in [9.17, 15) is 13.2 Å². The number of rotatable bonds is 4. The van der Waals surface area contributed by atoms with Crippen LogP contribution in [-0.2, 0) is 6.54 Å². The van der Waals surface area contributed by atoms with Gasteiger partial charge in [0.2, 0.25) is 0 Å². The van der Waals surface area contributed by atoms with E-state index < -0.39 is 6.36 Å². The van der Waals surface area contributed by atoms with Crippen LogP contribution in [0, 0.1) is 11.3 Å². The first-order valence-electron chi connectivity index (χ1n) is 5.26. The van der Waals surface area contributed by atoms with Gasteiger partial charge in [0.25, 0.3) is 0 Å². The van der Waals surface area contributed by atoms with Gasteiger partial charge in [-0.3, -0.25) is 4.90 Å². The lowest BCUT2D eigenvalue weighted by Gasteiger charge is -2.19. The van der Waals surface area contributed by atoms with E-state index in [1.807, 2.05) is 0 Å². The molecule has 1 aromatic carbocycles. The van der Waals surface area contributed by atoms with Crippen LogP contribution in [0.2, 0.25) is 0 Å². The Balaban J connectivity index is 2.64. The van der Waals surface area contributed by atoms with E-state index in [0.29, 0.717) is 6.54 Å². The summed E-state index contributed by atoms with van der Waals surface area (Å²) in [6.45, 7) is 2.24. The zero-order valence-electron chi connectivity index (χ0n) is 10.0. The first kappa shape index (κ1) is 14.3. The molecule has 1 rings (SSSR count). The molecule has 0 amide bonds. The molecule has 0 aromatic heterocycles. The number of halogens is 3. The summed E-state index contributed by atoms with van der Waals surface area (Å²) in [5.41, 5.74) is 0.814. The second-order valence-corrected chi connectivity index (χ2v) is 3.91. The average Bonchev–Trinajstić information content (AvgIpc) is 2.28. The number of ether oxygens (including phenoxy) is 1. The molecule has 0 aliphatic rings. The Hall–Kier alpha value is -1.74. The highest BCUT2D eigenvalue weighted by Crippen LogP contribution is 2.23. The molecule has 1 unspecified atom stereocenters. The Morgan fingerprint density at radius 2 is 1.89 bits per heavy atom. The molecule has 0 heterocycles. The third-order valence-electron chi connectivity index (χ3n) is 2.44. The molecular formula is C12H13F3N2O. The molecule has 0 radical (unpaired) electrons. The molecule has 18 heavy (non-hydrogen) atoms. The Kier molecular flexibility index (Phi) is 4.56. The van der Waals surface area contributed by atoms with Crippen molar-refractivity contribution in [2.75, 3.05) is 7.05 Å². The van der Waals surface area contributed by atoms with E-state index in [1.165, 1.54) is 12.1 Å². The smallest absolute Gasteiger partial charge is 0.406 e. The molecule has 0 aliphatic heterocycles. The zero-order valence-corrected chi connectivity index (χ0v) is 10.0. The summed E-state index contributed by atoms with van der Waals surface area (Å²) < 4.78 is 39.6. The average molecular weight is 258 g/mol. The van der Waals surface area contributed by atoms with Crippen LogP contribution in [-0.4, -0.2) is 24.4 Å². The molecule has 1 aromatic rings. The van der Waals surface area contributed by atoms with Gasteiger partial charge in [0.1, 0.15) is 5.75 Å². The van der Waals surface area contributed by atoms with E-state index >= 15 is 0 Å². The highest BCUT2D eigenvalue weighted by molar-refractivity contribution is 5.27. The maximum Gasteiger partial charge on any atom is 0.573 e. The number of nitrogens with zero attached hydrogens (tertiary/aromatic N) is 2. The predicted molar refractivity (Wildman–Crippen MR) is 59.7 cm³/mol. The number of nitriles is 1. The minimum absolute atomic E-state index is 0.248. The topological polar surface area (TPSA) is 36.3 Å². The summed E-state index contributed by atoms with van der Waals surface area (Å²) in [6, 6.07) is 7.43. The first-order chi connectivity index (χ1) is 8.31. The van der Waals surface area contributed by atoms with Crippen LogP contribution < -0.4 is 4.74 Å². The molecule has 1 atom stereocenters. The fraction of sp³-hybridized carbons (Fsp3) is 0.417. The number of alkyl halides is 3. The van der Waals surface area contributed by atoms with Crippen LogP contribution in [0.15, 0.2) is 24.3 Å². The van der Waals surface area contributed by atoms with Crippen molar-refractivity contribution >= 4 is 0 Å². The van der Waals surface area contributed by atoms with Gasteiger partial charge in [-0.05, 0) is 31.7 Å². The summed E-state index contributed by atoms with van der Waals surface area (Å²) in [5, 5.41) is 8.72. The highest BCUT2D eigenvalue weighted by Gasteiger charge is 2.30. The van der Waals surface area contributed by atoms with Crippen molar-refractivity contribution in [3.63, 3.8) is 0 Å². The van der Waals surface area contributed by atoms with Gasteiger partial charge in [-0.2, -0.15) is 5.26 Å². The molecule has 0 fully saturated rings. The van der Waals surface area contributed by atoms with Crippen LogP contribution >= 0.6 is 0 Å². The lowest BCUT2D eigenvalue weighted by atomic mass is 10.2. The molecule has 0 bridgehead atoms. The quantitative estimate of drug-likeness (QED) is 0.833. The summed E-state index contributed by atoms with van der Waals surface area (Å²) in [5.74, 6) is -0.248. The fourth-order valence-corrected chi connectivity index (χ4v) is 1.32. The largest absolute Gasteiger partial charge is 0.573 e. The van der Waals surface area contributed by atoms with E-state index in [-0.39, 0.29) is 11.8 Å². The third-order valence-corrected chi connectivity index (χ3v) is 2.44. The van der Waals surface area contributed by atoms with Crippen LogP contribution in [0.5, 0.6) is 5.75 Å². The van der Waals surface area contributed by atoms with Crippen molar-refractivity contribution < 1.29 is 17.9 Å². The van der Waals surface area contributed by atoms with Crippen LogP contribution in [0.4, 0.5) is 13.2 Å². The fourth-order valence-electron chi connectivity index (χ4n) is 1.32. The van der Waals surface area contributed by atoms with Gasteiger partial charge in [0, 0.05) is 6.54 Å². The molecule has 6 heteroatoms. The summed E-state index contributed by atoms with van der Waals surface area (Å²) in [7, 11) is 1.77. The molecule has 0 saturated heterocycles. The molecule has 0 spiro atoms. The summed E-state index contributed by atoms with van der Waals surface area (Å²) >= 11 is 0. The zero-order chi connectivity index (χ0) is 13.8. The van der Waals surface area contributed by atoms with Gasteiger partial charge in [0.15, 0.2) is 0 Å². The van der Waals surface area contributed by atoms with Gasteiger partial charge in [-0.15, -0.1) is 13.2 Å². The van der Waals surface area contributed by atoms with Crippen molar-refractivity contribution in [3.8, 4) is 11.8 Å². The van der Waals surface area contributed by atoms with Gasteiger partial charge in [-0.1, -0.05) is 12.1 Å². The summed E-state index contributed by atoms with van der Waals surface area (Å²) in [6.07, 6.45) is -4.67. The Morgan fingerprint density at radius 3 is 2.33 bits per heavy atom. The number of hydrogen-bond acceptors (Lipinski definition) is 3. The van der Waals surface area contributed by atoms with Crippen molar-refractivity contribution in [2.24, 2.45) is 0 Å². The van der Waals surface area contributed by atoms with E-state index in [4.69, 9.17) is 5.26 Å². The minimum Gasteiger partial charge on any atom is -0.406 e. The van der Waals surface area contributed by atoms with E-state index in [0.717, 1.165) is 5.56 Å². The molecule has 0 N–H and O–H groups in total. The monoisotopic (exact) mass is 258 g/mol. The molecule has 0 saturated carbocycles. The molecule has 0 aliphatic carbocycles. The number of benzene rings is 1. The second kappa shape index (κ2) is 5.74. The molecule has 98 valence electrons. The normalized spacial score (nSPS) is 13.2. The highest BCUT2D eigenvalue weighted by atomic mass is 19.4. The van der Waals surface area contributed by atoms with Crippen LogP contribution in [0.25, 0.3) is 0 Å². The standard InChI is InChI=1S/C12H13F3N2O/c1-9(7-16)17(2)8-10-3-5-11(6-4-10)18-12(13,14)15/h3-6,9H,8H2,1-2H3. The van der Waals surface area contributed by atoms with Crippen molar-refractivity contribution in [2.45, 2.75) is 25.9 Å². The minimum atomic E-state index is -4.67. The Labute approximate surface area is 103 Å². The van der Waals surface area contributed by atoms with E-state index in [2.05, 4.69) is 10.8 Å². The predicted octanol–water partition coefficient (Wildman–Crippen LogP) is 2.93. The Morgan fingerprint density at radius 1 is 1.33 bits per heavy atom. The SMILES string of the molecule is CC(C#N)N(C)Cc1ccc(OC(F)(F)F)cc1. The van der Waals surface area contributed by atoms with Crippen LogP contribution in [0.3, 0.4) is 0 Å². The lowest BCUT2D eigenvalue weighted by Crippen LogP contribution is -2.26. The molecule has 3 nitrogen and oxygen atoms in total.